The molecule has 0 amide bonds. The highest BCUT2D eigenvalue weighted by molar-refractivity contribution is 8.03. The van der Waals surface area contributed by atoms with Gasteiger partial charge in [-0.3, -0.25) is 0 Å². The predicted octanol–water partition coefficient (Wildman–Crippen LogP) is 3.99. The lowest BCUT2D eigenvalue weighted by molar-refractivity contribution is -0.382. The third-order valence-corrected chi connectivity index (χ3v) is 4.70. The van der Waals surface area contributed by atoms with Crippen molar-refractivity contribution in [2.24, 2.45) is 5.92 Å². The summed E-state index contributed by atoms with van der Waals surface area (Å²) in [7, 11) is 0. The summed E-state index contributed by atoms with van der Waals surface area (Å²) < 4.78 is 19.7. The number of aromatic nitrogens is 3. The van der Waals surface area contributed by atoms with Gasteiger partial charge < -0.3 is 14.2 Å². The molecule has 0 saturated carbocycles. The fourth-order valence-electron chi connectivity index (χ4n) is 1.95. The van der Waals surface area contributed by atoms with Crippen molar-refractivity contribution in [3.8, 4) is 5.88 Å². The second kappa shape index (κ2) is 7.48. The second-order valence-corrected chi connectivity index (χ2v) is 7.47. The van der Waals surface area contributed by atoms with E-state index in [0.717, 1.165) is 9.90 Å². The highest BCUT2D eigenvalue weighted by atomic mass is 32.2. The minimum absolute atomic E-state index is 0.183. The SMILES string of the molecule is CC(C)COc1c(C2OC(C)O2)cnn1/C=C\Sc1nccs1. The summed E-state index contributed by atoms with van der Waals surface area (Å²) in [6.45, 7) is 6.68. The first-order valence-electron chi connectivity index (χ1n) is 7.37. The molecular weight excluding hydrogens is 334 g/mol. The molecule has 0 bridgehead atoms. The van der Waals surface area contributed by atoms with Crippen LogP contribution in [0, 0.1) is 5.92 Å². The number of rotatable bonds is 7. The van der Waals surface area contributed by atoms with Gasteiger partial charge in [-0.25, -0.2) is 9.67 Å². The first-order chi connectivity index (χ1) is 11.1. The molecule has 23 heavy (non-hydrogen) atoms. The number of thiazole rings is 1. The van der Waals surface area contributed by atoms with E-state index in [4.69, 9.17) is 14.2 Å². The van der Waals surface area contributed by atoms with Gasteiger partial charge in [-0.2, -0.15) is 5.10 Å². The first kappa shape index (κ1) is 16.5. The summed E-state index contributed by atoms with van der Waals surface area (Å²) in [6, 6.07) is 0. The van der Waals surface area contributed by atoms with E-state index in [9.17, 15) is 0 Å². The minimum Gasteiger partial charge on any atom is -0.477 e. The number of thioether (sulfide) groups is 1. The van der Waals surface area contributed by atoms with Gasteiger partial charge in [-0.15, -0.1) is 11.3 Å². The molecule has 8 heteroatoms. The summed E-state index contributed by atoms with van der Waals surface area (Å²) in [5, 5.41) is 8.24. The Morgan fingerprint density at radius 3 is 2.96 bits per heavy atom. The molecule has 1 fully saturated rings. The van der Waals surface area contributed by atoms with E-state index < -0.39 is 6.29 Å². The third kappa shape index (κ3) is 4.14. The van der Waals surface area contributed by atoms with Crippen LogP contribution in [0.5, 0.6) is 5.88 Å². The Hall–Kier alpha value is -1.35. The van der Waals surface area contributed by atoms with E-state index in [1.807, 2.05) is 23.9 Å². The van der Waals surface area contributed by atoms with Gasteiger partial charge in [0.2, 0.25) is 5.88 Å². The van der Waals surface area contributed by atoms with Crippen molar-refractivity contribution >= 4 is 29.3 Å². The lowest BCUT2D eigenvalue weighted by atomic mass is 10.2. The van der Waals surface area contributed by atoms with Gasteiger partial charge >= 0.3 is 0 Å². The maximum absolute atomic E-state index is 5.92. The number of nitrogens with zero attached hydrogens (tertiary/aromatic N) is 3. The summed E-state index contributed by atoms with van der Waals surface area (Å²) >= 11 is 3.14. The maximum atomic E-state index is 5.92. The highest BCUT2D eigenvalue weighted by Gasteiger charge is 2.33. The van der Waals surface area contributed by atoms with E-state index in [1.165, 1.54) is 0 Å². The van der Waals surface area contributed by atoms with Crippen LogP contribution in [0.25, 0.3) is 6.20 Å². The van der Waals surface area contributed by atoms with Crippen LogP contribution in [0.15, 0.2) is 27.5 Å². The van der Waals surface area contributed by atoms with Crippen molar-refractivity contribution < 1.29 is 14.2 Å². The molecule has 1 aliphatic heterocycles. The molecule has 124 valence electrons. The maximum Gasteiger partial charge on any atom is 0.224 e. The van der Waals surface area contributed by atoms with Gasteiger partial charge in [0.05, 0.1) is 18.4 Å². The van der Waals surface area contributed by atoms with Crippen LogP contribution in [0.4, 0.5) is 0 Å². The van der Waals surface area contributed by atoms with Crippen LogP contribution >= 0.6 is 23.1 Å². The normalized spacial score (nSPS) is 21.0. The number of hydrogen-bond donors (Lipinski definition) is 0. The van der Waals surface area contributed by atoms with Gasteiger partial charge in [0.1, 0.15) is 0 Å². The van der Waals surface area contributed by atoms with E-state index in [0.29, 0.717) is 18.4 Å². The van der Waals surface area contributed by atoms with Crippen molar-refractivity contribution in [2.45, 2.75) is 37.7 Å². The van der Waals surface area contributed by atoms with Crippen LogP contribution in [-0.4, -0.2) is 27.7 Å². The quantitative estimate of drug-likeness (QED) is 0.702. The average Bonchev–Trinajstić information content (AvgIpc) is 3.11. The van der Waals surface area contributed by atoms with Gasteiger partial charge in [-0.05, 0) is 18.2 Å². The zero-order valence-electron chi connectivity index (χ0n) is 13.2. The Bertz CT molecular complexity index is 649. The van der Waals surface area contributed by atoms with Crippen LogP contribution in [0.3, 0.4) is 0 Å². The van der Waals surface area contributed by atoms with E-state index in [-0.39, 0.29) is 6.29 Å². The molecule has 1 saturated heterocycles. The molecule has 3 heterocycles. The molecule has 0 N–H and O–H groups in total. The third-order valence-electron chi connectivity index (χ3n) is 2.99. The summed E-state index contributed by atoms with van der Waals surface area (Å²) in [6.07, 6.45) is 4.78. The highest BCUT2D eigenvalue weighted by Crippen LogP contribution is 2.37. The Balaban J connectivity index is 1.73. The minimum atomic E-state index is -0.402. The van der Waals surface area contributed by atoms with Crippen LogP contribution in [0.1, 0.15) is 32.6 Å². The van der Waals surface area contributed by atoms with Crippen molar-refractivity contribution in [2.75, 3.05) is 6.61 Å². The predicted molar refractivity (Wildman–Crippen MR) is 90.2 cm³/mol. The standard InChI is InChI=1S/C15H19N3O3S2/c1-10(2)9-19-13-12(14-20-11(3)21-14)8-17-18(13)5-7-23-15-16-4-6-22-15/h4-8,10-11,14H,9H2,1-3H3/b7-5-. The van der Waals surface area contributed by atoms with Crippen LogP contribution in [-0.2, 0) is 9.47 Å². The first-order valence-corrected chi connectivity index (χ1v) is 9.13. The lowest BCUT2D eigenvalue weighted by Gasteiger charge is -2.33. The summed E-state index contributed by atoms with van der Waals surface area (Å²) in [5.41, 5.74) is 0.813. The molecule has 6 nitrogen and oxygen atoms in total. The largest absolute Gasteiger partial charge is 0.477 e. The zero-order valence-corrected chi connectivity index (χ0v) is 14.8. The molecule has 0 unspecified atom stereocenters. The van der Waals surface area contributed by atoms with Gasteiger partial charge in [-0.1, -0.05) is 25.6 Å². The van der Waals surface area contributed by atoms with Gasteiger partial charge in [0.15, 0.2) is 16.9 Å². The van der Waals surface area contributed by atoms with E-state index >= 15 is 0 Å². The summed E-state index contributed by atoms with van der Waals surface area (Å²) in [5.74, 6) is 1.08. The molecular formula is C15H19N3O3S2. The van der Waals surface area contributed by atoms with Crippen LogP contribution in [0.2, 0.25) is 0 Å². The van der Waals surface area contributed by atoms with E-state index in [2.05, 4.69) is 23.9 Å². The van der Waals surface area contributed by atoms with Crippen molar-refractivity contribution in [1.82, 2.24) is 14.8 Å². The molecule has 0 aliphatic carbocycles. The van der Waals surface area contributed by atoms with Crippen molar-refractivity contribution in [3.05, 3.63) is 28.7 Å². The molecule has 0 atom stereocenters. The second-order valence-electron chi connectivity index (χ2n) is 5.43. The molecule has 0 spiro atoms. The topological polar surface area (TPSA) is 58.4 Å². The fourth-order valence-corrected chi connectivity index (χ4v) is 3.28. The Labute approximate surface area is 143 Å². The number of ether oxygens (including phenoxy) is 3. The smallest absolute Gasteiger partial charge is 0.224 e. The average molecular weight is 353 g/mol. The zero-order chi connectivity index (χ0) is 16.2. The van der Waals surface area contributed by atoms with Crippen molar-refractivity contribution in [1.29, 1.82) is 0 Å². The van der Waals surface area contributed by atoms with E-state index in [1.54, 1.807) is 40.2 Å². The van der Waals surface area contributed by atoms with Crippen molar-refractivity contribution in [3.63, 3.8) is 0 Å². The molecule has 3 rings (SSSR count). The van der Waals surface area contributed by atoms with Crippen LogP contribution < -0.4 is 4.74 Å². The number of hydrogen-bond acceptors (Lipinski definition) is 7. The molecule has 1 aliphatic rings. The monoisotopic (exact) mass is 353 g/mol. The molecule has 0 radical (unpaired) electrons. The molecule has 2 aromatic rings. The Morgan fingerprint density at radius 1 is 1.48 bits per heavy atom. The fraction of sp³-hybridized carbons (Fsp3) is 0.467. The van der Waals surface area contributed by atoms with Gasteiger partial charge in [0.25, 0.3) is 0 Å². The molecule has 0 aromatic carbocycles. The van der Waals surface area contributed by atoms with Gasteiger partial charge in [0, 0.05) is 17.8 Å². The Morgan fingerprint density at radius 2 is 2.30 bits per heavy atom. The summed E-state index contributed by atoms with van der Waals surface area (Å²) in [4.78, 5) is 4.22. The lowest BCUT2D eigenvalue weighted by Crippen LogP contribution is -2.31. The Kier molecular flexibility index (Phi) is 5.37. The molecule has 2 aromatic heterocycles.